The molecule has 0 aliphatic carbocycles. The normalized spacial score (nSPS) is 16.3. The molecule has 1 saturated heterocycles. The molecule has 7 heteroatoms. The van der Waals surface area contributed by atoms with Crippen LogP contribution < -0.4 is 15.8 Å². The predicted molar refractivity (Wildman–Crippen MR) is 93.3 cm³/mol. The maximum absolute atomic E-state index is 12.3. The van der Waals surface area contributed by atoms with Gasteiger partial charge in [0.1, 0.15) is 5.75 Å². The van der Waals surface area contributed by atoms with Crippen molar-refractivity contribution in [2.75, 3.05) is 58.7 Å². The van der Waals surface area contributed by atoms with Crippen molar-refractivity contribution in [2.24, 2.45) is 0 Å². The molecule has 2 rings (SSSR count). The van der Waals surface area contributed by atoms with Crippen LogP contribution in [0.1, 0.15) is 17.3 Å². The summed E-state index contributed by atoms with van der Waals surface area (Å²) < 4.78 is 5.21. The highest BCUT2D eigenvalue weighted by molar-refractivity contribution is 6.33. The Kier molecular flexibility index (Phi) is 6.50. The fourth-order valence-corrected chi connectivity index (χ4v) is 2.83. The first-order valence-electron chi connectivity index (χ1n) is 7.91. The van der Waals surface area contributed by atoms with Gasteiger partial charge >= 0.3 is 0 Å². The lowest BCUT2D eigenvalue weighted by Gasteiger charge is -2.33. The summed E-state index contributed by atoms with van der Waals surface area (Å²) in [6, 6.07) is 3.12. The van der Waals surface area contributed by atoms with Gasteiger partial charge in [0.2, 0.25) is 0 Å². The van der Waals surface area contributed by atoms with Crippen LogP contribution in [0, 0.1) is 0 Å². The van der Waals surface area contributed by atoms with Crippen LogP contribution in [-0.4, -0.2) is 68.6 Å². The summed E-state index contributed by atoms with van der Waals surface area (Å²) in [5.41, 5.74) is 6.53. The molecule has 1 aliphatic heterocycles. The highest BCUT2D eigenvalue weighted by Gasteiger charge is 2.17. The first-order chi connectivity index (χ1) is 11.0. The molecule has 1 amide bonds. The monoisotopic (exact) mass is 340 g/mol. The van der Waals surface area contributed by atoms with Crippen LogP contribution in [-0.2, 0) is 0 Å². The molecule has 3 N–H and O–H groups in total. The number of hydrogen-bond acceptors (Lipinski definition) is 5. The van der Waals surface area contributed by atoms with Crippen LogP contribution in [0.4, 0.5) is 5.69 Å². The molecule has 0 radical (unpaired) electrons. The molecule has 0 unspecified atom stereocenters. The second-order valence-electron chi connectivity index (χ2n) is 5.61. The van der Waals surface area contributed by atoms with Crippen LogP contribution in [0.15, 0.2) is 12.1 Å². The van der Waals surface area contributed by atoms with Gasteiger partial charge in [0, 0.05) is 45.3 Å². The Morgan fingerprint density at radius 1 is 1.30 bits per heavy atom. The van der Waals surface area contributed by atoms with Crippen LogP contribution >= 0.6 is 11.6 Å². The van der Waals surface area contributed by atoms with E-state index in [0.29, 0.717) is 28.6 Å². The Hall–Kier alpha value is -1.50. The Morgan fingerprint density at radius 2 is 1.96 bits per heavy atom. The summed E-state index contributed by atoms with van der Waals surface area (Å²) in [6.07, 6.45) is 0. The average molecular weight is 341 g/mol. The molecule has 0 atom stereocenters. The number of anilines is 1. The smallest absolute Gasteiger partial charge is 0.255 e. The maximum atomic E-state index is 12.3. The topological polar surface area (TPSA) is 70.8 Å². The third-order valence-electron chi connectivity index (χ3n) is 4.19. The molecule has 1 aromatic rings. The molecule has 0 bridgehead atoms. The van der Waals surface area contributed by atoms with E-state index in [0.717, 1.165) is 39.3 Å². The second kappa shape index (κ2) is 8.38. The van der Waals surface area contributed by atoms with Gasteiger partial charge in [-0.1, -0.05) is 18.5 Å². The lowest BCUT2D eigenvalue weighted by atomic mass is 10.1. The molecular weight excluding hydrogens is 316 g/mol. The van der Waals surface area contributed by atoms with Crippen molar-refractivity contribution in [3.63, 3.8) is 0 Å². The Bertz CT molecular complexity index is 545. The predicted octanol–water partition coefficient (Wildman–Crippen LogP) is 1.30. The number of carbonyl (C=O) groups excluding carboxylic acids is 1. The number of ether oxygens (including phenoxy) is 1. The van der Waals surface area contributed by atoms with Crippen molar-refractivity contribution in [1.29, 1.82) is 0 Å². The van der Waals surface area contributed by atoms with Crippen molar-refractivity contribution >= 4 is 23.2 Å². The van der Waals surface area contributed by atoms with Crippen molar-refractivity contribution in [1.82, 2.24) is 15.1 Å². The fraction of sp³-hybridized carbons (Fsp3) is 0.562. The summed E-state index contributed by atoms with van der Waals surface area (Å²) >= 11 is 6.00. The summed E-state index contributed by atoms with van der Waals surface area (Å²) in [5.74, 6) is 0.233. The van der Waals surface area contributed by atoms with Crippen LogP contribution in [0.2, 0.25) is 5.02 Å². The number of halogens is 1. The number of nitrogens with zero attached hydrogens (tertiary/aromatic N) is 2. The van der Waals surface area contributed by atoms with Crippen LogP contribution in [0.5, 0.6) is 5.75 Å². The van der Waals surface area contributed by atoms with Crippen molar-refractivity contribution in [3.05, 3.63) is 22.7 Å². The third kappa shape index (κ3) is 4.73. The third-order valence-corrected chi connectivity index (χ3v) is 4.52. The molecular formula is C16H25ClN4O2. The first-order valence-corrected chi connectivity index (χ1v) is 8.28. The largest absolute Gasteiger partial charge is 0.496 e. The van der Waals surface area contributed by atoms with E-state index in [2.05, 4.69) is 22.0 Å². The van der Waals surface area contributed by atoms with Gasteiger partial charge in [0.25, 0.3) is 5.91 Å². The molecule has 6 nitrogen and oxygen atoms in total. The van der Waals surface area contributed by atoms with E-state index in [1.807, 2.05) is 0 Å². The van der Waals surface area contributed by atoms with Crippen molar-refractivity contribution in [3.8, 4) is 5.75 Å². The molecule has 0 spiro atoms. The lowest BCUT2D eigenvalue weighted by molar-refractivity contribution is 0.0935. The number of nitrogen functional groups attached to an aromatic ring is 1. The number of hydrogen-bond donors (Lipinski definition) is 2. The van der Waals surface area contributed by atoms with Gasteiger partial charge in [-0.05, 0) is 12.6 Å². The highest BCUT2D eigenvalue weighted by Crippen LogP contribution is 2.28. The lowest BCUT2D eigenvalue weighted by Crippen LogP contribution is -2.48. The van der Waals surface area contributed by atoms with Crippen LogP contribution in [0.3, 0.4) is 0 Å². The minimum Gasteiger partial charge on any atom is -0.496 e. The number of methoxy groups -OCH3 is 1. The second-order valence-corrected chi connectivity index (χ2v) is 6.01. The van der Waals surface area contributed by atoms with E-state index < -0.39 is 0 Å². The Morgan fingerprint density at radius 3 is 2.57 bits per heavy atom. The zero-order valence-corrected chi connectivity index (χ0v) is 14.5. The minimum atomic E-state index is -0.198. The maximum Gasteiger partial charge on any atom is 0.255 e. The standard InChI is InChI=1S/C16H25ClN4O2/c1-3-20-6-8-21(9-7-20)5-4-19-16(22)12-10-13(17)14(18)11-15(12)23-2/h10-11H,3-9,18H2,1-2H3,(H,19,22). The number of piperazine rings is 1. The van der Waals surface area contributed by atoms with Gasteiger partial charge in [-0.25, -0.2) is 0 Å². The fourth-order valence-electron chi connectivity index (χ4n) is 2.67. The van der Waals surface area contributed by atoms with E-state index >= 15 is 0 Å². The molecule has 1 heterocycles. The Balaban J connectivity index is 1.85. The quantitative estimate of drug-likeness (QED) is 0.764. The van der Waals surface area contributed by atoms with Gasteiger partial charge in [-0.3, -0.25) is 9.69 Å². The number of likely N-dealkylation sites (N-methyl/N-ethyl adjacent to an activating group) is 1. The van der Waals surface area contributed by atoms with Gasteiger partial charge < -0.3 is 20.7 Å². The number of nitrogens with one attached hydrogen (secondary N) is 1. The van der Waals surface area contributed by atoms with Gasteiger partial charge in [-0.15, -0.1) is 0 Å². The Labute approximate surface area is 142 Å². The molecule has 128 valence electrons. The first kappa shape index (κ1) is 17.8. The molecule has 1 aromatic carbocycles. The van der Waals surface area contributed by atoms with Gasteiger partial charge in [0.15, 0.2) is 0 Å². The number of nitrogens with two attached hydrogens (primary N) is 1. The van der Waals surface area contributed by atoms with E-state index in [1.54, 1.807) is 12.1 Å². The zero-order valence-electron chi connectivity index (χ0n) is 13.8. The number of carbonyl (C=O) groups is 1. The van der Waals surface area contributed by atoms with E-state index in [9.17, 15) is 4.79 Å². The van der Waals surface area contributed by atoms with E-state index in [4.69, 9.17) is 22.1 Å². The van der Waals surface area contributed by atoms with Crippen LogP contribution in [0.25, 0.3) is 0 Å². The summed E-state index contributed by atoms with van der Waals surface area (Å²) in [7, 11) is 1.51. The molecule has 0 aromatic heterocycles. The molecule has 1 fully saturated rings. The van der Waals surface area contributed by atoms with E-state index in [-0.39, 0.29) is 5.91 Å². The molecule has 1 aliphatic rings. The number of benzene rings is 1. The number of rotatable bonds is 6. The highest BCUT2D eigenvalue weighted by atomic mass is 35.5. The van der Waals surface area contributed by atoms with Gasteiger partial charge in [0.05, 0.1) is 23.4 Å². The van der Waals surface area contributed by atoms with Gasteiger partial charge in [-0.2, -0.15) is 0 Å². The summed E-state index contributed by atoms with van der Waals surface area (Å²) in [5, 5.41) is 3.27. The average Bonchev–Trinajstić information content (AvgIpc) is 2.57. The summed E-state index contributed by atoms with van der Waals surface area (Å²) in [4.78, 5) is 17.1. The van der Waals surface area contributed by atoms with Crippen molar-refractivity contribution < 1.29 is 9.53 Å². The van der Waals surface area contributed by atoms with E-state index in [1.165, 1.54) is 7.11 Å². The molecule has 23 heavy (non-hydrogen) atoms. The number of amides is 1. The molecule has 0 saturated carbocycles. The SMILES string of the molecule is CCN1CCN(CCNC(=O)c2cc(Cl)c(N)cc2OC)CC1. The van der Waals surface area contributed by atoms with Crippen molar-refractivity contribution in [2.45, 2.75) is 6.92 Å². The summed E-state index contributed by atoms with van der Waals surface area (Å²) in [6.45, 7) is 8.98. The zero-order chi connectivity index (χ0) is 16.8. The minimum absolute atomic E-state index is 0.198.